The maximum atomic E-state index is 11.4. The predicted molar refractivity (Wildman–Crippen MR) is 92.6 cm³/mol. The van der Waals surface area contributed by atoms with Crippen molar-refractivity contribution in [3.8, 4) is 11.3 Å². The first-order chi connectivity index (χ1) is 11.8. The van der Waals surface area contributed by atoms with Crippen LogP contribution in [0, 0.1) is 0 Å². The molecule has 3 aromatic rings. The van der Waals surface area contributed by atoms with Gasteiger partial charge in [0, 0.05) is 23.7 Å². The van der Waals surface area contributed by atoms with Crippen LogP contribution in [0.15, 0.2) is 66.0 Å². The Hall–Kier alpha value is -2.73. The van der Waals surface area contributed by atoms with Crippen LogP contribution in [0.3, 0.4) is 0 Å². The molecule has 5 nitrogen and oxygen atoms in total. The number of pyridine rings is 1. The summed E-state index contributed by atoms with van der Waals surface area (Å²) in [6, 6.07) is 15.1. The number of benzene rings is 1. The number of rotatable bonds is 5. The Kier molecular flexibility index (Phi) is 5.18. The third kappa shape index (κ3) is 3.97. The van der Waals surface area contributed by atoms with Gasteiger partial charge in [0.25, 0.3) is 0 Å². The fourth-order valence-electron chi connectivity index (χ4n) is 2.09. The highest BCUT2D eigenvalue weighted by Crippen LogP contribution is 2.22. The Bertz CT molecular complexity index is 806. The zero-order valence-corrected chi connectivity index (χ0v) is 13.9. The average Bonchev–Trinajstić information content (AvgIpc) is 2.67. The fourth-order valence-corrected chi connectivity index (χ4v) is 2.86. The SMILES string of the molecule is COC(=O)c1ccc(CSc2ccc(-c3ccncc3)nn2)cc1. The zero-order chi connectivity index (χ0) is 16.8. The van der Waals surface area contributed by atoms with Crippen molar-refractivity contribution in [3.63, 3.8) is 0 Å². The van der Waals surface area contributed by atoms with Crippen LogP contribution in [0.2, 0.25) is 0 Å². The highest BCUT2D eigenvalue weighted by molar-refractivity contribution is 7.98. The number of carbonyl (C=O) groups is 1. The second kappa shape index (κ2) is 7.70. The number of thioether (sulfide) groups is 1. The lowest BCUT2D eigenvalue weighted by Crippen LogP contribution is -2.00. The van der Waals surface area contributed by atoms with Crippen LogP contribution in [0.5, 0.6) is 0 Å². The monoisotopic (exact) mass is 337 g/mol. The molecule has 0 bridgehead atoms. The van der Waals surface area contributed by atoms with Crippen molar-refractivity contribution in [1.82, 2.24) is 15.2 Å². The van der Waals surface area contributed by atoms with E-state index < -0.39 is 0 Å². The van der Waals surface area contributed by atoms with E-state index in [0.29, 0.717) is 5.56 Å². The van der Waals surface area contributed by atoms with Gasteiger partial charge < -0.3 is 4.74 Å². The summed E-state index contributed by atoms with van der Waals surface area (Å²) in [5.41, 5.74) is 3.47. The Morgan fingerprint density at radius 2 is 1.75 bits per heavy atom. The number of aromatic nitrogens is 3. The Balaban J connectivity index is 1.61. The molecule has 0 amide bonds. The van der Waals surface area contributed by atoms with Crippen LogP contribution in [0.4, 0.5) is 0 Å². The van der Waals surface area contributed by atoms with Crippen LogP contribution in [0.25, 0.3) is 11.3 Å². The smallest absolute Gasteiger partial charge is 0.337 e. The number of methoxy groups -OCH3 is 1. The molecule has 0 N–H and O–H groups in total. The minimum Gasteiger partial charge on any atom is -0.465 e. The van der Waals surface area contributed by atoms with Crippen LogP contribution in [-0.4, -0.2) is 28.3 Å². The summed E-state index contributed by atoms with van der Waals surface area (Å²) in [5.74, 6) is 0.428. The van der Waals surface area contributed by atoms with E-state index in [9.17, 15) is 4.79 Å². The maximum Gasteiger partial charge on any atom is 0.337 e. The molecule has 2 heterocycles. The molecule has 0 aliphatic heterocycles. The second-order valence-corrected chi connectivity index (χ2v) is 5.97. The van der Waals surface area contributed by atoms with Crippen molar-refractivity contribution in [1.29, 1.82) is 0 Å². The van der Waals surface area contributed by atoms with Crippen molar-refractivity contribution in [2.45, 2.75) is 10.8 Å². The van der Waals surface area contributed by atoms with Crippen molar-refractivity contribution in [2.24, 2.45) is 0 Å². The number of carbonyl (C=O) groups excluding carboxylic acids is 1. The van der Waals surface area contributed by atoms with Crippen LogP contribution >= 0.6 is 11.8 Å². The third-order valence-corrected chi connectivity index (χ3v) is 4.37. The second-order valence-electron chi connectivity index (χ2n) is 4.97. The van der Waals surface area contributed by atoms with E-state index in [4.69, 9.17) is 0 Å². The lowest BCUT2D eigenvalue weighted by molar-refractivity contribution is 0.0600. The van der Waals surface area contributed by atoms with Gasteiger partial charge in [-0.1, -0.05) is 23.9 Å². The van der Waals surface area contributed by atoms with Crippen LogP contribution in [0.1, 0.15) is 15.9 Å². The molecule has 2 aromatic heterocycles. The lowest BCUT2D eigenvalue weighted by atomic mass is 10.1. The predicted octanol–water partition coefficient (Wildman–Crippen LogP) is 3.62. The maximum absolute atomic E-state index is 11.4. The molecular weight excluding hydrogens is 322 g/mol. The molecule has 1 aromatic carbocycles. The summed E-state index contributed by atoms with van der Waals surface area (Å²) in [5, 5.41) is 9.35. The summed E-state index contributed by atoms with van der Waals surface area (Å²) in [6.07, 6.45) is 3.47. The lowest BCUT2D eigenvalue weighted by Gasteiger charge is -2.04. The van der Waals surface area contributed by atoms with E-state index >= 15 is 0 Å². The standard InChI is InChI=1S/C18H15N3O2S/c1-23-18(22)15-4-2-13(3-5-15)12-24-17-7-6-16(20-21-17)14-8-10-19-11-9-14/h2-11H,12H2,1H3. The Morgan fingerprint density at radius 3 is 2.38 bits per heavy atom. The number of nitrogens with zero attached hydrogens (tertiary/aromatic N) is 3. The van der Waals surface area contributed by atoms with E-state index in [1.165, 1.54) is 7.11 Å². The van der Waals surface area contributed by atoms with E-state index in [0.717, 1.165) is 27.6 Å². The van der Waals surface area contributed by atoms with Crippen molar-refractivity contribution in [3.05, 3.63) is 72.1 Å². The van der Waals surface area contributed by atoms with Crippen molar-refractivity contribution < 1.29 is 9.53 Å². The van der Waals surface area contributed by atoms with E-state index in [1.54, 1.807) is 36.3 Å². The minimum absolute atomic E-state index is 0.327. The van der Waals surface area contributed by atoms with Gasteiger partial charge in [0.2, 0.25) is 0 Å². The first-order valence-electron chi connectivity index (χ1n) is 7.30. The topological polar surface area (TPSA) is 65.0 Å². The van der Waals surface area contributed by atoms with E-state index in [-0.39, 0.29) is 5.97 Å². The fraction of sp³-hybridized carbons (Fsp3) is 0.111. The third-order valence-electron chi connectivity index (χ3n) is 3.38. The van der Waals surface area contributed by atoms with Gasteiger partial charge in [0.15, 0.2) is 0 Å². The molecule has 0 spiro atoms. The van der Waals surface area contributed by atoms with E-state index in [2.05, 4.69) is 19.9 Å². The number of esters is 1. The first kappa shape index (κ1) is 16.1. The molecule has 24 heavy (non-hydrogen) atoms. The molecule has 0 atom stereocenters. The van der Waals surface area contributed by atoms with Gasteiger partial charge in [-0.3, -0.25) is 4.98 Å². The molecule has 6 heteroatoms. The summed E-state index contributed by atoms with van der Waals surface area (Å²) >= 11 is 1.60. The number of hydrogen-bond donors (Lipinski definition) is 0. The summed E-state index contributed by atoms with van der Waals surface area (Å²) in [6.45, 7) is 0. The minimum atomic E-state index is -0.327. The molecule has 3 rings (SSSR count). The number of ether oxygens (including phenoxy) is 1. The molecule has 0 unspecified atom stereocenters. The van der Waals surface area contributed by atoms with Gasteiger partial charge >= 0.3 is 5.97 Å². The summed E-state index contributed by atoms with van der Waals surface area (Å²) < 4.78 is 4.69. The van der Waals surface area contributed by atoms with Gasteiger partial charge in [-0.2, -0.15) is 0 Å². The average molecular weight is 337 g/mol. The summed E-state index contributed by atoms with van der Waals surface area (Å²) in [7, 11) is 1.38. The molecule has 0 fully saturated rings. The number of hydrogen-bond acceptors (Lipinski definition) is 6. The van der Waals surface area contributed by atoms with Gasteiger partial charge in [0.1, 0.15) is 5.03 Å². The molecule has 0 aliphatic carbocycles. The molecule has 0 saturated carbocycles. The first-order valence-corrected chi connectivity index (χ1v) is 8.29. The van der Waals surface area contributed by atoms with Gasteiger partial charge in [-0.05, 0) is 42.0 Å². The van der Waals surface area contributed by atoms with E-state index in [1.807, 2.05) is 36.4 Å². The van der Waals surface area contributed by atoms with Crippen LogP contribution < -0.4 is 0 Å². The van der Waals surface area contributed by atoms with Crippen molar-refractivity contribution >= 4 is 17.7 Å². The van der Waals surface area contributed by atoms with Gasteiger partial charge in [0.05, 0.1) is 18.4 Å². The van der Waals surface area contributed by atoms with Gasteiger partial charge in [-0.25, -0.2) is 4.79 Å². The largest absolute Gasteiger partial charge is 0.465 e. The van der Waals surface area contributed by atoms with Crippen LogP contribution in [-0.2, 0) is 10.5 Å². The summed E-state index contributed by atoms with van der Waals surface area (Å²) in [4.78, 5) is 15.4. The quantitative estimate of drug-likeness (QED) is 0.523. The molecular formula is C18H15N3O2S. The highest BCUT2D eigenvalue weighted by Gasteiger charge is 2.05. The molecule has 0 aliphatic rings. The zero-order valence-electron chi connectivity index (χ0n) is 13.0. The normalized spacial score (nSPS) is 10.4. The molecule has 0 saturated heterocycles. The van der Waals surface area contributed by atoms with Gasteiger partial charge in [-0.15, -0.1) is 10.2 Å². The molecule has 0 radical (unpaired) electrons. The Labute approximate surface area is 144 Å². The highest BCUT2D eigenvalue weighted by atomic mass is 32.2. The van der Waals surface area contributed by atoms with Crippen molar-refractivity contribution in [2.75, 3.05) is 7.11 Å². The Morgan fingerprint density at radius 1 is 1.00 bits per heavy atom. The molecule has 120 valence electrons.